The first-order valence-corrected chi connectivity index (χ1v) is 17.6. The zero-order chi connectivity index (χ0) is 35.6. The molecule has 0 aromatic heterocycles. The Balaban J connectivity index is 1.23. The van der Waals surface area contributed by atoms with Gasteiger partial charge in [0.05, 0.1) is 40.5 Å². The van der Waals surface area contributed by atoms with E-state index < -0.39 is 23.7 Å². The number of rotatable bonds is 6. The first kappa shape index (κ1) is 33.8. The highest BCUT2D eigenvalue weighted by Gasteiger charge is 2.57. The van der Waals surface area contributed by atoms with Crippen LogP contribution in [0.5, 0.6) is 11.5 Å². The molecule has 1 N–H and O–H groups in total. The number of imide groups is 1. The van der Waals surface area contributed by atoms with Crippen LogP contribution in [-0.2, 0) is 19.2 Å². The fourth-order valence-corrected chi connectivity index (χ4v) is 8.51. The number of halogens is 2. The van der Waals surface area contributed by atoms with Gasteiger partial charge in [-0.1, -0.05) is 11.6 Å². The zero-order valence-electron chi connectivity index (χ0n) is 27.6. The van der Waals surface area contributed by atoms with E-state index in [1.54, 1.807) is 37.3 Å². The second kappa shape index (κ2) is 12.9. The topological polar surface area (TPSA) is 129 Å². The third-order valence-corrected chi connectivity index (χ3v) is 12.2. The molecular weight excluding hydrogens is 768 g/mol. The molecule has 4 aliphatic rings. The molecule has 1 saturated heterocycles. The monoisotopic (exact) mass is 798 g/mol. The van der Waals surface area contributed by atoms with Gasteiger partial charge in [-0.05, 0) is 124 Å². The number of azo groups is 1. The maximum Gasteiger partial charge on any atom is 0.238 e. The summed E-state index contributed by atoms with van der Waals surface area (Å²) in [6, 6.07) is 16.1. The number of aromatic hydroxyl groups is 1. The van der Waals surface area contributed by atoms with Crippen molar-refractivity contribution in [2.45, 2.75) is 25.7 Å². The number of fused-ring (bicyclic) bond motifs is 3. The van der Waals surface area contributed by atoms with Crippen LogP contribution in [0.4, 0.5) is 22.7 Å². The van der Waals surface area contributed by atoms with Gasteiger partial charge in [0.1, 0.15) is 0 Å². The van der Waals surface area contributed by atoms with E-state index in [1.807, 2.05) is 49.3 Å². The first-order chi connectivity index (χ1) is 23.9. The minimum Gasteiger partial charge on any atom is -0.503 e. The van der Waals surface area contributed by atoms with Gasteiger partial charge in [0.15, 0.2) is 23.1 Å². The molecule has 0 unspecified atom stereocenters. The average Bonchev–Trinajstić information content (AvgIpc) is 3.37. The predicted molar refractivity (Wildman–Crippen MR) is 195 cm³/mol. The van der Waals surface area contributed by atoms with E-state index in [0.717, 1.165) is 11.3 Å². The molecule has 0 radical (unpaired) electrons. The number of Topliss-reactive ketones (excluding diaryl/α,β-unsaturated/α-hetero) is 1. The molecule has 254 valence electrons. The summed E-state index contributed by atoms with van der Waals surface area (Å²) in [5.74, 6) is -3.72. The smallest absolute Gasteiger partial charge is 0.238 e. The molecule has 3 aliphatic carbocycles. The molecule has 1 fully saturated rings. The fourth-order valence-electron chi connectivity index (χ4n) is 7.55. The molecule has 7 rings (SSSR count). The fraction of sp³-hybridized carbons (Fsp3) is 0.263. The van der Waals surface area contributed by atoms with Crippen LogP contribution >= 0.6 is 31.9 Å². The number of allylic oxidation sites excluding steroid dienone is 6. The van der Waals surface area contributed by atoms with Crippen molar-refractivity contribution in [3.05, 3.63) is 104 Å². The summed E-state index contributed by atoms with van der Waals surface area (Å²) in [7, 11) is 5.35. The molecule has 0 saturated carbocycles. The molecular formula is C38H32Br2N4O6. The van der Waals surface area contributed by atoms with Crippen LogP contribution in [0.2, 0.25) is 0 Å². The maximum atomic E-state index is 14.3. The molecule has 3 aromatic carbocycles. The summed E-state index contributed by atoms with van der Waals surface area (Å²) in [5, 5.41) is 19.3. The number of ether oxygens (including phenoxy) is 1. The van der Waals surface area contributed by atoms with E-state index >= 15 is 0 Å². The minimum atomic E-state index is -0.736. The number of carbonyl (C=O) groups is 4. The Kier molecular flexibility index (Phi) is 8.72. The summed E-state index contributed by atoms with van der Waals surface area (Å²) in [5.41, 5.74) is 5.13. The number of phenols is 1. The van der Waals surface area contributed by atoms with Gasteiger partial charge in [-0.3, -0.25) is 24.1 Å². The second-order valence-electron chi connectivity index (χ2n) is 13.0. The Morgan fingerprint density at radius 1 is 0.900 bits per heavy atom. The van der Waals surface area contributed by atoms with E-state index in [1.165, 1.54) is 18.1 Å². The van der Waals surface area contributed by atoms with E-state index in [4.69, 9.17) is 4.74 Å². The summed E-state index contributed by atoms with van der Waals surface area (Å²) in [6.45, 7) is 1.62. The van der Waals surface area contributed by atoms with Crippen molar-refractivity contribution in [2.75, 3.05) is 31.0 Å². The number of nitrogens with zero attached hydrogens (tertiary/aromatic N) is 4. The molecule has 0 bridgehead atoms. The SMILES string of the molecule is COc1cc([C@H]2C3=CC[C@@H]4C(=O)N(c5ccc(N=Nc6ccc(N(C)C)cc6)cc5)C(=O)[C@@H]4[C@@H]3CC3=C2C(=O)C(C)=CC3=O)c(Br)c(Br)c1O. The van der Waals surface area contributed by atoms with E-state index in [-0.39, 0.29) is 41.3 Å². The molecule has 3 aromatic rings. The molecule has 0 spiro atoms. The van der Waals surface area contributed by atoms with Gasteiger partial charge in [0, 0.05) is 46.9 Å². The van der Waals surface area contributed by atoms with E-state index in [0.29, 0.717) is 54.7 Å². The molecule has 1 aliphatic heterocycles. The number of anilines is 2. The van der Waals surface area contributed by atoms with Crippen LogP contribution in [-0.4, -0.2) is 49.7 Å². The lowest BCUT2D eigenvalue weighted by molar-refractivity contribution is -0.123. The van der Waals surface area contributed by atoms with Gasteiger partial charge in [-0.15, -0.1) is 0 Å². The number of benzene rings is 3. The van der Waals surface area contributed by atoms with Gasteiger partial charge in [-0.2, -0.15) is 10.2 Å². The first-order valence-electron chi connectivity index (χ1n) is 16.0. The summed E-state index contributed by atoms with van der Waals surface area (Å²) < 4.78 is 6.27. The number of hydrogen-bond acceptors (Lipinski definition) is 9. The lowest BCUT2D eigenvalue weighted by atomic mass is 9.59. The minimum absolute atomic E-state index is 0.122. The molecule has 10 nitrogen and oxygen atoms in total. The number of amides is 2. The van der Waals surface area contributed by atoms with Crippen molar-refractivity contribution >= 4 is 78.0 Å². The van der Waals surface area contributed by atoms with Crippen LogP contribution in [0.25, 0.3) is 0 Å². The largest absolute Gasteiger partial charge is 0.503 e. The van der Waals surface area contributed by atoms with Gasteiger partial charge < -0.3 is 14.7 Å². The second-order valence-corrected chi connectivity index (χ2v) is 14.6. The molecule has 2 amide bonds. The Bertz CT molecular complexity index is 2120. The molecule has 50 heavy (non-hydrogen) atoms. The molecule has 4 atom stereocenters. The van der Waals surface area contributed by atoms with Gasteiger partial charge in [0.2, 0.25) is 11.8 Å². The van der Waals surface area contributed by atoms with Crippen molar-refractivity contribution < 1.29 is 29.0 Å². The molecule has 12 heteroatoms. The summed E-state index contributed by atoms with van der Waals surface area (Å²) >= 11 is 7.04. The van der Waals surface area contributed by atoms with Gasteiger partial charge >= 0.3 is 0 Å². The summed E-state index contributed by atoms with van der Waals surface area (Å²) in [6.07, 6.45) is 3.75. The number of carbonyl (C=O) groups excluding carboxylic acids is 4. The van der Waals surface area contributed by atoms with E-state index in [2.05, 4.69) is 42.1 Å². The highest BCUT2D eigenvalue weighted by molar-refractivity contribution is 9.13. The highest BCUT2D eigenvalue weighted by Crippen LogP contribution is 2.58. The number of phenolic OH excluding ortho intramolecular Hbond substituents is 1. The lowest BCUT2D eigenvalue weighted by Crippen LogP contribution is -2.40. The Morgan fingerprint density at radius 2 is 1.54 bits per heavy atom. The van der Waals surface area contributed by atoms with Crippen LogP contribution in [0.3, 0.4) is 0 Å². The normalized spacial score (nSPS) is 23.1. The predicted octanol–water partition coefficient (Wildman–Crippen LogP) is 8.04. The number of ketones is 2. The third kappa shape index (κ3) is 5.45. The van der Waals surface area contributed by atoms with Crippen LogP contribution in [0.15, 0.2) is 108 Å². The number of methoxy groups -OCH3 is 1. The third-order valence-electron chi connectivity index (χ3n) is 10.0. The van der Waals surface area contributed by atoms with Crippen LogP contribution in [0.1, 0.15) is 31.2 Å². The summed E-state index contributed by atoms with van der Waals surface area (Å²) in [4.78, 5) is 58.8. The van der Waals surface area contributed by atoms with Gasteiger partial charge in [-0.25, -0.2) is 0 Å². The molecule has 1 heterocycles. The van der Waals surface area contributed by atoms with Crippen LogP contribution in [0, 0.1) is 17.8 Å². The maximum absolute atomic E-state index is 14.3. The highest BCUT2D eigenvalue weighted by atomic mass is 79.9. The Morgan fingerprint density at radius 3 is 2.16 bits per heavy atom. The quantitative estimate of drug-likeness (QED) is 0.116. The Hall–Kier alpha value is -4.68. The van der Waals surface area contributed by atoms with Crippen molar-refractivity contribution in [1.29, 1.82) is 0 Å². The number of hydrogen-bond donors (Lipinski definition) is 1. The zero-order valence-corrected chi connectivity index (χ0v) is 30.8. The Labute approximate surface area is 305 Å². The van der Waals surface area contributed by atoms with Crippen molar-refractivity contribution in [2.24, 2.45) is 28.0 Å². The van der Waals surface area contributed by atoms with E-state index in [9.17, 15) is 24.3 Å². The van der Waals surface area contributed by atoms with Crippen molar-refractivity contribution in [1.82, 2.24) is 0 Å². The lowest BCUT2D eigenvalue weighted by Gasteiger charge is -2.42. The average molecular weight is 801 g/mol. The van der Waals surface area contributed by atoms with Crippen molar-refractivity contribution in [3.63, 3.8) is 0 Å². The van der Waals surface area contributed by atoms with Crippen molar-refractivity contribution in [3.8, 4) is 11.5 Å². The van der Waals surface area contributed by atoms with Crippen LogP contribution < -0.4 is 14.5 Å². The standard InChI is InChI=1S/C38H32Br2N4O6/c1-18-15-28(45)26-16-25-23(30(32(26)35(18)46)27-17-29(50-4)36(47)34(40)33(27)39)13-14-24-31(25)38(49)44(37(24)48)22-11-7-20(8-12-22)42-41-19-5-9-21(10-6-19)43(2)3/h5-13,15,17,24-25,30-31,47H,14,16H2,1-4H3/t24-,25+,30+,31-/m0/s1. The van der Waals surface area contributed by atoms with Gasteiger partial charge in [0.25, 0.3) is 0 Å².